The van der Waals surface area contributed by atoms with Gasteiger partial charge in [-0.25, -0.2) is 9.37 Å². The molecule has 2 N–H and O–H groups in total. The van der Waals surface area contributed by atoms with Gasteiger partial charge in [-0.1, -0.05) is 31.0 Å². The third kappa shape index (κ3) is 3.90. The van der Waals surface area contributed by atoms with Crippen molar-refractivity contribution in [2.45, 2.75) is 38.0 Å². The van der Waals surface area contributed by atoms with Crippen LogP contribution in [-0.2, 0) is 5.41 Å². The average molecular weight is 343 g/mol. The van der Waals surface area contributed by atoms with E-state index in [0.717, 1.165) is 30.9 Å². The summed E-state index contributed by atoms with van der Waals surface area (Å²) in [5.41, 5.74) is 2.16. The van der Waals surface area contributed by atoms with E-state index in [-0.39, 0.29) is 11.2 Å². The molecule has 3 nitrogen and oxygen atoms in total. The maximum absolute atomic E-state index is 13.2. The fourth-order valence-electron chi connectivity index (χ4n) is 3.45. The lowest BCUT2D eigenvalue weighted by molar-refractivity contribution is 0.434. The number of nitrogens with zero attached hydrogens (tertiary/aromatic N) is 1. The molecule has 24 heavy (non-hydrogen) atoms. The Balaban J connectivity index is 1.66. The summed E-state index contributed by atoms with van der Waals surface area (Å²) in [6.45, 7) is 2.69. The van der Waals surface area contributed by atoms with Crippen molar-refractivity contribution in [2.24, 2.45) is 0 Å². The van der Waals surface area contributed by atoms with Gasteiger partial charge in [-0.3, -0.25) is 0 Å². The summed E-state index contributed by atoms with van der Waals surface area (Å²) in [5.74, 6) is 0.553. The van der Waals surface area contributed by atoms with Crippen molar-refractivity contribution >= 4 is 23.1 Å². The van der Waals surface area contributed by atoms with Crippen molar-refractivity contribution in [1.82, 2.24) is 10.3 Å². The number of benzene rings is 1. The molecule has 126 valence electrons. The number of hydrogen-bond acceptors (Lipinski definition) is 2. The Bertz CT molecular complexity index is 709. The number of halogens is 1. The minimum absolute atomic E-state index is 0.0273. The smallest absolute Gasteiger partial charge is 0.171 e. The van der Waals surface area contributed by atoms with Crippen LogP contribution >= 0.6 is 12.2 Å². The van der Waals surface area contributed by atoms with Crippen LogP contribution < -0.4 is 10.6 Å². The number of aryl methyl sites for hydroxylation is 1. The Morgan fingerprint density at radius 1 is 1.17 bits per heavy atom. The van der Waals surface area contributed by atoms with E-state index in [0.29, 0.717) is 5.11 Å². The molecule has 0 saturated heterocycles. The van der Waals surface area contributed by atoms with Crippen LogP contribution in [0.25, 0.3) is 0 Å². The molecule has 0 aliphatic heterocycles. The zero-order valence-electron chi connectivity index (χ0n) is 13.8. The molecule has 0 amide bonds. The topological polar surface area (TPSA) is 37.0 Å². The minimum atomic E-state index is -0.192. The number of pyridine rings is 1. The normalized spacial score (nSPS) is 15.9. The van der Waals surface area contributed by atoms with Gasteiger partial charge in [-0.05, 0) is 61.8 Å². The van der Waals surface area contributed by atoms with E-state index >= 15 is 0 Å². The van der Waals surface area contributed by atoms with Gasteiger partial charge >= 0.3 is 0 Å². The highest BCUT2D eigenvalue weighted by molar-refractivity contribution is 7.80. The van der Waals surface area contributed by atoms with Crippen molar-refractivity contribution in [1.29, 1.82) is 0 Å². The van der Waals surface area contributed by atoms with Crippen molar-refractivity contribution < 1.29 is 4.39 Å². The summed E-state index contributed by atoms with van der Waals surface area (Å²) >= 11 is 5.41. The number of thiocarbonyl (C=S) groups is 1. The molecule has 1 aromatic heterocycles. The number of nitrogens with one attached hydrogen (secondary N) is 2. The Kier molecular flexibility index (Phi) is 5.09. The summed E-state index contributed by atoms with van der Waals surface area (Å²) in [6, 6.07) is 12.7. The first-order chi connectivity index (χ1) is 11.6. The van der Waals surface area contributed by atoms with Gasteiger partial charge in [0.15, 0.2) is 5.11 Å². The molecule has 0 unspecified atom stereocenters. The molecule has 1 aromatic carbocycles. The molecule has 0 bridgehead atoms. The SMILES string of the molecule is Cc1cccc(NC(=S)NCC2(c3ccc(F)cc3)CCCC2)n1. The van der Waals surface area contributed by atoms with Gasteiger partial charge in [0, 0.05) is 17.7 Å². The van der Waals surface area contributed by atoms with Gasteiger partial charge in [-0.2, -0.15) is 0 Å². The molecule has 3 rings (SSSR count). The number of aromatic nitrogens is 1. The molecule has 1 aliphatic rings. The average Bonchev–Trinajstić information content (AvgIpc) is 3.04. The summed E-state index contributed by atoms with van der Waals surface area (Å²) in [7, 11) is 0. The van der Waals surface area contributed by atoms with E-state index in [1.807, 2.05) is 37.3 Å². The van der Waals surface area contributed by atoms with Crippen LogP contribution in [0.3, 0.4) is 0 Å². The van der Waals surface area contributed by atoms with Gasteiger partial charge in [0.1, 0.15) is 11.6 Å². The van der Waals surface area contributed by atoms with Crippen LogP contribution in [0.5, 0.6) is 0 Å². The van der Waals surface area contributed by atoms with E-state index in [9.17, 15) is 4.39 Å². The maximum atomic E-state index is 13.2. The number of anilines is 1. The molecule has 1 heterocycles. The second-order valence-corrected chi connectivity index (χ2v) is 6.87. The van der Waals surface area contributed by atoms with E-state index in [2.05, 4.69) is 15.6 Å². The Hall–Kier alpha value is -2.01. The van der Waals surface area contributed by atoms with Crippen LogP contribution in [0.1, 0.15) is 36.9 Å². The highest BCUT2D eigenvalue weighted by atomic mass is 32.1. The van der Waals surface area contributed by atoms with Crippen LogP contribution in [0.2, 0.25) is 0 Å². The van der Waals surface area contributed by atoms with Gasteiger partial charge in [-0.15, -0.1) is 0 Å². The zero-order valence-corrected chi connectivity index (χ0v) is 14.6. The lowest BCUT2D eigenvalue weighted by Crippen LogP contribution is -2.40. The van der Waals surface area contributed by atoms with Crippen LogP contribution in [-0.4, -0.2) is 16.6 Å². The lowest BCUT2D eigenvalue weighted by atomic mass is 9.79. The molecule has 0 atom stereocenters. The number of hydrogen-bond donors (Lipinski definition) is 2. The van der Waals surface area contributed by atoms with Crippen LogP contribution in [0.4, 0.5) is 10.2 Å². The largest absolute Gasteiger partial charge is 0.362 e. The summed E-state index contributed by atoms with van der Waals surface area (Å²) < 4.78 is 13.2. The molecule has 0 spiro atoms. The van der Waals surface area contributed by atoms with E-state index in [1.165, 1.54) is 18.4 Å². The molecule has 1 saturated carbocycles. The van der Waals surface area contributed by atoms with Crippen molar-refractivity contribution in [2.75, 3.05) is 11.9 Å². The molecular formula is C19H22FN3S. The first kappa shape index (κ1) is 16.8. The molecule has 1 fully saturated rings. The quantitative estimate of drug-likeness (QED) is 0.811. The van der Waals surface area contributed by atoms with Gasteiger partial charge < -0.3 is 10.6 Å². The minimum Gasteiger partial charge on any atom is -0.362 e. The van der Waals surface area contributed by atoms with E-state index in [1.54, 1.807) is 12.1 Å². The fourth-order valence-corrected chi connectivity index (χ4v) is 3.62. The second kappa shape index (κ2) is 7.26. The highest BCUT2D eigenvalue weighted by Gasteiger charge is 2.35. The molecule has 5 heteroatoms. The van der Waals surface area contributed by atoms with Crippen molar-refractivity contribution in [3.05, 3.63) is 59.5 Å². The first-order valence-electron chi connectivity index (χ1n) is 8.32. The first-order valence-corrected chi connectivity index (χ1v) is 8.73. The van der Waals surface area contributed by atoms with Crippen LogP contribution in [0, 0.1) is 12.7 Å². The van der Waals surface area contributed by atoms with Gasteiger partial charge in [0.25, 0.3) is 0 Å². The van der Waals surface area contributed by atoms with E-state index < -0.39 is 0 Å². The van der Waals surface area contributed by atoms with Gasteiger partial charge in [0.05, 0.1) is 0 Å². The summed E-state index contributed by atoms with van der Waals surface area (Å²) in [4.78, 5) is 4.40. The molecule has 1 aliphatic carbocycles. The third-order valence-corrected chi connectivity index (χ3v) is 4.98. The Labute approximate surface area is 147 Å². The van der Waals surface area contributed by atoms with Crippen molar-refractivity contribution in [3.8, 4) is 0 Å². The maximum Gasteiger partial charge on any atom is 0.171 e. The predicted molar refractivity (Wildman–Crippen MR) is 99.7 cm³/mol. The van der Waals surface area contributed by atoms with Gasteiger partial charge in [0.2, 0.25) is 0 Å². The predicted octanol–water partition coefficient (Wildman–Crippen LogP) is 4.33. The molecule has 0 radical (unpaired) electrons. The fraction of sp³-hybridized carbons (Fsp3) is 0.368. The summed E-state index contributed by atoms with van der Waals surface area (Å²) in [6.07, 6.45) is 4.57. The molecular weight excluding hydrogens is 321 g/mol. The highest BCUT2D eigenvalue weighted by Crippen LogP contribution is 2.40. The molecule has 2 aromatic rings. The number of rotatable bonds is 4. The van der Waals surface area contributed by atoms with Crippen molar-refractivity contribution in [3.63, 3.8) is 0 Å². The standard InChI is InChI=1S/C19H22FN3S/c1-14-5-4-6-17(22-14)23-18(24)21-13-19(11-2-3-12-19)15-7-9-16(20)10-8-15/h4-10H,2-3,11-13H2,1H3,(H2,21,22,23,24). The Morgan fingerprint density at radius 3 is 2.54 bits per heavy atom. The summed E-state index contributed by atoms with van der Waals surface area (Å²) in [5, 5.41) is 7.04. The zero-order chi connectivity index (χ0) is 17.0. The third-order valence-electron chi connectivity index (χ3n) is 4.73. The van der Waals surface area contributed by atoms with Crippen LogP contribution in [0.15, 0.2) is 42.5 Å². The monoisotopic (exact) mass is 343 g/mol. The lowest BCUT2D eigenvalue weighted by Gasteiger charge is -2.30. The Morgan fingerprint density at radius 2 is 1.88 bits per heavy atom. The second-order valence-electron chi connectivity index (χ2n) is 6.47. The van der Waals surface area contributed by atoms with E-state index in [4.69, 9.17) is 12.2 Å².